The minimum Gasteiger partial charge on any atom is -0.383 e. The first kappa shape index (κ1) is 47.1. The molecule has 20 heteroatoms. The van der Waals surface area contributed by atoms with Gasteiger partial charge in [0.05, 0.1) is 150 Å². The molecule has 1 aliphatic rings. The average Bonchev–Trinajstić information content (AvgIpc) is 3.91. The van der Waals surface area contributed by atoms with Crippen LogP contribution in [0.5, 0.6) is 0 Å². The van der Waals surface area contributed by atoms with Gasteiger partial charge in [0.15, 0.2) is 5.65 Å². The third kappa shape index (κ3) is 16.5. The molecule has 0 unspecified atom stereocenters. The molecule has 0 radical (unpaired) electrons. The Hall–Kier alpha value is -3.93. The molecule has 1 fully saturated rings. The molecule has 0 aliphatic carbocycles. The lowest BCUT2D eigenvalue weighted by molar-refractivity contribution is -0.133. The minimum absolute atomic E-state index is 0.0658. The highest BCUT2D eigenvalue weighted by Crippen LogP contribution is 2.34. The Balaban J connectivity index is 0.776. The Kier molecular flexibility index (Phi) is 22.4. The number of rotatable bonds is 34. The molecule has 4 aromatic heterocycles. The number of hydrogen-bond donors (Lipinski definition) is 3. The van der Waals surface area contributed by atoms with Crippen LogP contribution in [0.3, 0.4) is 0 Å². The van der Waals surface area contributed by atoms with Crippen molar-refractivity contribution in [3.8, 4) is 11.3 Å². The van der Waals surface area contributed by atoms with Gasteiger partial charge in [-0.15, -0.1) is 0 Å². The number of amides is 1. The van der Waals surface area contributed by atoms with E-state index in [9.17, 15) is 4.79 Å². The molecule has 5 heterocycles. The predicted molar refractivity (Wildman–Crippen MR) is 222 cm³/mol. The van der Waals surface area contributed by atoms with Crippen molar-refractivity contribution in [2.45, 2.75) is 25.3 Å². The summed E-state index contributed by atoms with van der Waals surface area (Å²) in [6.07, 6.45) is 6.91. The van der Waals surface area contributed by atoms with Crippen LogP contribution in [0.2, 0.25) is 0 Å². The summed E-state index contributed by atoms with van der Waals surface area (Å²) in [4.78, 5) is 31.2. The molecule has 0 aromatic carbocycles. The van der Waals surface area contributed by atoms with Crippen LogP contribution < -0.4 is 11.5 Å². The number of carbonyl (C=O) groups excluding carboxylic acids is 1. The maximum absolute atomic E-state index is 12.9. The fourth-order valence-corrected chi connectivity index (χ4v) is 6.36. The number of H-pyrrole nitrogens is 1. The first-order valence-electron chi connectivity index (χ1n) is 20.8. The standard InChI is InChI=1S/C40H63N9O11/c41-5-10-52-12-14-54-16-18-56-20-22-58-24-26-60-28-27-59-25-23-57-21-19-55-17-15-53-13-11-51-9-4-35(50)48-7-2-34(3-8-48)49-40-36(38(42)45-31-46-40)37(47-49)33-29-32-1-6-43-39(32)44-30-33/h1,6,29-31,34H,2-5,7-28,41H2,(H,43,44)(H2,42,45,46). The Morgan fingerprint density at radius 3 is 1.65 bits per heavy atom. The van der Waals surface area contributed by atoms with E-state index < -0.39 is 0 Å². The quantitative estimate of drug-likeness (QED) is 0.0567. The van der Waals surface area contributed by atoms with Crippen LogP contribution in [0.15, 0.2) is 30.9 Å². The number of aromatic nitrogens is 6. The molecule has 5 N–H and O–H groups in total. The summed E-state index contributed by atoms with van der Waals surface area (Å²) in [6, 6.07) is 4.06. The number of fused-ring (bicyclic) bond motifs is 2. The maximum Gasteiger partial charge on any atom is 0.224 e. The molecule has 0 atom stereocenters. The van der Waals surface area contributed by atoms with E-state index in [1.807, 2.05) is 27.9 Å². The van der Waals surface area contributed by atoms with E-state index in [0.29, 0.717) is 181 Å². The third-order valence-electron chi connectivity index (χ3n) is 9.43. The molecule has 5 rings (SSSR count). The monoisotopic (exact) mass is 845 g/mol. The Morgan fingerprint density at radius 2 is 1.15 bits per heavy atom. The summed E-state index contributed by atoms with van der Waals surface area (Å²) in [5, 5.41) is 6.66. The Labute approximate surface area is 350 Å². The molecule has 0 saturated carbocycles. The Bertz CT molecular complexity index is 1760. The number of aromatic amines is 1. The molecule has 20 nitrogen and oxygen atoms in total. The zero-order valence-corrected chi connectivity index (χ0v) is 34.7. The van der Waals surface area contributed by atoms with Crippen molar-refractivity contribution in [2.24, 2.45) is 5.73 Å². The summed E-state index contributed by atoms with van der Waals surface area (Å²) < 4.78 is 56.7. The van der Waals surface area contributed by atoms with Gasteiger partial charge in [-0.3, -0.25) is 4.79 Å². The van der Waals surface area contributed by atoms with Crippen LogP contribution in [0.25, 0.3) is 33.3 Å². The van der Waals surface area contributed by atoms with E-state index in [4.69, 9.17) is 63.9 Å². The maximum atomic E-state index is 12.9. The lowest BCUT2D eigenvalue weighted by Gasteiger charge is -2.32. The van der Waals surface area contributed by atoms with Gasteiger partial charge in [-0.2, -0.15) is 5.10 Å². The first-order valence-corrected chi connectivity index (χ1v) is 20.8. The Morgan fingerprint density at radius 1 is 0.667 bits per heavy atom. The number of ether oxygens (including phenoxy) is 10. The van der Waals surface area contributed by atoms with E-state index >= 15 is 0 Å². The van der Waals surface area contributed by atoms with Gasteiger partial charge >= 0.3 is 0 Å². The molecule has 334 valence electrons. The summed E-state index contributed by atoms with van der Waals surface area (Å²) in [5.41, 5.74) is 14.7. The zero-order chi connectivity index (χ0) is 41.9. The second kappa shape index (κ2) is 28.6. The lowest BCUT2D eigenvalue weighted by atomic mass is 10.0. The predicted octanol–water partition coefficient (Wildman–Crippen LogP) is 1.63. The van der Waals surface area contributed by atoms with Gasteiger partial charge in [-0.25, -0.2) is 19.6 Å². The number of piperidine rings is 1. The first-order chi connectivity index (χ1) is 29.7. The highest BCUT2D eigenvalue weighted by molar-refractivity contribution is 5.99. The molecule has 60 heavy (non-hydrogen) atoms. The molecule has 0 spiro atoms. The number of hydrogen-bond acceptors (Lipinski definition) is 17. The molecule has 1 amide bonds. The van der Waals surface area contributed by atoms with Crippen LogP contribution in [0, 0.1) is 0 Å². The normalized spacial score (nSPS) is 13.7. The summed E-state index contributed by atoms with van der Waals surface area (Å²) in [5.74, 6) is 0.447. The van der Waals surface area contributed by atoms with Crippen molar-refractivity contribution in [1.29, 1.82) is 0 Å². The number of nitrogens with zero attached hydrogens (tertiary/aromatic N) is 6. The van der Waals surface area contributed by atoms with Crippen molar-refractivity contribution in [3.05, 3.63) is 30.9 Å². The second-order valence-corrected chi connectivity index (χ2v) is 13.7. The van der Waals surface area contributed by atoms with Gasteiger partial charge in [-0.1, -0.05) is 0 Å². The molecule has 1 saturated heterocycles. The molecular weight excluding hydrogens is 782 g/mol. The number of nitrogens with one attached hydrogen (secondary N) is 1. The van der Waals surface area contributed by atoms with Crippen molar-refractivity contribution in [3.63, 3.8) is 0 Å². The van der Waals surface area contributed by atoms with E-state index in [0.717, 1.165) is 29.4 Å². The summed E-state index contributed by atoms with van der Waals surface area (Å²) in [7, 11) is 0. The van der Waals surface area contributed by atoms with Crippen molar-refractivity contribution >= 4 is 33.8 Å². The molecular formula is C40H63N9O11. The number of nitrogen functional groups attached to an aromatic ring is 1. The van der Waals surface area contributed by atoms with Crippen molar-refractivity contribution < 1.29 is 52.2 Å². The molecule has 0 bridgehead atoms. The van der Waals surface area contributed by atoms with Crippen LogP contribution >= 0.6 is 0 Å². The van der Waals surface area contributed by atoms with E-state index in [1.54, 1.807) is 6.20 Å². The topological polar surface area (TPSA) is 237 Å². The summed E-state index contributed by atoms with van der Waals surface area (Å²) >= 11 is 0. The summed E-state index contributed by atoms with van der Waals surface area (Å²) in [6.45, 7) is 11.4. The van der Waals surface area contributed by atoms with Crippen LogP contribution in [0.4, 0.5) is 5.82 Å². The molecule has 4 aromatic rings. The number of likely N-dealkylation sites (tertiary alicyclic amines) is 1. The fraction of sp³-hybridized carbons (Fsp3) is 0.675. The van der Waals surface area contributed by atoms with Crippen molar-refractivity contribution in [2.75, 3.05) is 158 Å². The van der Waals surface area contributed by atoms with Gasteiger partial charge in [-0.05, 0) is 25.0 Å². The minimum atomic E-state index is 0.0658. The van der Waals surface area contributed by atoms with Crippen LogP contribution in [-0.2, 0) is 52.2 Å². The van der Waals surface area contributed by atoms with Gasteiger partial charge in [0.25, 0.3) is 0 Å². The third-order valence-corrected chi connectivity index (χ3v) is 9.43. The van der Waals surface area contributed by atoms with Gasteiger partial charge < -0.3 is 68.7 Å². The number of carbonyl (C=O) groups is 1. The average molecular weight is 846 g/mol. The smallest absolute Gasteiger partial charge is 0.224 e. The zero-order valence-electron chi connectivity index (χ0n) is 34.7. The number of anilines is 1. The van der Waals surface area contributed by atoms with E-state index in [-0.39, 0.29) is 11.9 Å². The number of pyridine rings is 1. The van der Waals surface area contributed by atoms with E-state index in [1.165, 1.54) is 6.33 Å². The highest BCUT2D eigenvalue weighted by atomic mass is 16.6. The number of nitrogens with two attached hydrogens (primary N) is 2. The largest absolute Gasteiger partial charge is 0.383 e. The van der Waals surface area contributed by atoms with Gasteiger partial charge in [0.2, 0.25) is 5.91 Å². The van der Waals surface area contributed by atoms with E-state index in [2.05, 4.69) is 19.9 Å². The second-order valence-electron chi connectivity index (χ2n) is 13.7. The SMILES string of the molecule is NCCOCCOCCOCCOCCOCCOCCOCCOCCOCCOCCC(=O)N1CCC(n2nc(-c3cnc4[nH]ccc4c3)c3c(N)ncnc32)CC1. The van der Waals surface area contributed by atoms with Gasteiger partial charge in [0.1, 0.15) is 23.5 Å². The van der Waals surface area contributed by atoms with Crippen LogP contribution in [0.1, 0.15) is 25.3 Å². The fourth-order valence-electron chi connectivity index (χ4n) is 6.36. The lowest BCUT2D eigenvalue weighted by Crippen LogP contribution is -2.39. The van der Waals surface area contributed by atoms with Crippen LogP contribution in [-0.4, -0.2) is 192 Å². The highest BCUT2D eigenvalue weighted by Gasteiger charge is 2.28. The molecule has 1 aliphatic heterocycles. The van der Waals surface area contributed by atoms with Crippen molar-refractivity contribution in [1.82, 2.24) is 34.6 Å². The van der Waals surface area contributed by atoms with Gasteiger partial charge in [0, 0.05) is 43.0 Å².